The van der Waals surface area contributed by atoms with Gasteiger partial charge in [0.1, 0.15) is 5.75 Å². The van der Waals surface area contributed by atoms with Gasteiger partial charge in [0.15, 0.2) is 5.96 Å². The first kappa shape index (κ1) is 22.8. The highest BCUT2D eigenvalue weighted by atomic mass is 127. The fourth-order valence-electron chi connectivity index (χ4n) is 2.93. The number of nitrogens with zero attached hydrogens (tertiary/aromatic N) is 2. The Labute approximate surface area is 177 Å². The van der Waals surface area contributed by atoms with Crippen molar-refractivity contribution in [3.8, 4) is 5.75 Å². The van der Waals surface area contributed by atoms with E-state index in [1.807, 2.05) is 19.1 Å². The second-order valence-corrected chi connectivity index (χ2v) is 6.35. The molecule has 1 aromatic rings. The molecule has 8 heteroatoms. The maximum atomic E-state index is 11.7. The molecule has 146 valence electrons. The molecule has 0 saturated carbocycles. The minimum Gasteiger partial charge on any atom is -0.496 e. The Hall–Kier alpha value is -1.22. The zero-order valence-electron chi connectivity index (χ0n) is 15.5. The van der Waals surface area contributed by atoms with Crippen molar-refractivity contribution < 1.29 is 14.3 Å². The molecule has 0 atom stereocenters. The third kappa shape index (κ3) is 6.19. The van der Waals surface area contributed by atoms with Crippen LogP contribution in [0, 0.1) is 5.92 Å². The number of nitrogens with one attached hydrogen (secondary N) is 1. The summed E-state index contributed by atoms with van der Waals surface area (Å²) in [6.45, 7) is 4.89. The standard InChI is InChI=1S/C18H26ClN3O3.HI/c1-4-20-18(22-9-7-13(8-10-22)17(23)25-3)21-12-14-5-6-15(19)11-16(14)24-2;/h5-6,11,13H,4,7-10,12H2,1-3H3,(H,20,21);1H. The molecule has 0 unspecified atom stereocenters. The number of aliphatic imine (C=N–C) groups is 1. The van der Waals surface area contributed by atoms with E-state index in [0.717, 1.165) is 49.7 Å². The van der Waals surface area contributed by atoms with Crippen molar-refractivity contribution in [2.24, 2.45) is 10.9 Å². The van der Waals surface area contributed by atoms with Crippen LogP contribution in [0.5, 0.6) is 5.75 Å². The van der Waals surface area contributed by atoms with E-state index in [1.54, 1.807) is 13.2 Å². The highest BCUT2D eigenvalue weighted by molar-refractivity contribution is 14.0. The van der Waals surface area contributed by atoms with Gasteiger partial charge in [0.2, 0.25) is 0 Å². The van der Waals surface area contributed by atoms with Crippen LogP contribution >= 0.6 is 35.6 Å². The molecule has 6 nitrogen and oxygen atoms in total. The van der Waals surface area contributed by atoms with E-state index in [1.165, 1.54) is 7.11 Å². The van der Waals surface area contributed by atoms with E-state index < -0.39 is 0 Å². The number of hydrogen-bond acceptors (Lipinski definition) is 4. The van der Waals surface area contributed by atoms with E-state index in [4.69, 9.17) is 26.1 Å². The van der Waals surface area contributed by atoms with Crippen molar-refractivity contribution >= 4 is 47.5 Å². The predicted molar refractivity (Wildman–Crippen MR) is 115 cm³/mol. The molecule has 0 spiro atoms. The Bertz CT molecular complexity index is 620. The highest BCUT2D eigenvalue weighted by Gasteiger charge is 2.26. The molecule has 26 heavy (non-hydrogen) atoms. The lowest BCUT2D eigenvalue weighted by molar-refractivity contribution is -0.146. The lowest BCUT2D eigenvalue weighted by atomic mass is 9.97. The minimum absolute atomic E-state index is 0. The molecule has 0 aliphatic carbocycles. The van der Waals surface area contributed by atoms with E-state index in [9.17, 15) is 4.79 Å². The van der Waals surface area contributed by atoms with Crippen LogP contribution in [-0.2, 0) is 16.1 Å². The Morgan fingerprint density at radius 1 is 1.35 bits per heavy atom. The van der Waals surface area contributed by atoms with Crippen LogP contribution < -0.4 is 10.1 Å². The van der Waals surface area contributed by atoms with E-state index in [-0.39, 0.29) is 35.9 Å². The van der Waals surface area contributed by atoms with Crippen LogP contribution in [0.4, 0.5) is 0 Å². The highest BCUT2D eigenvalue weighted by Crippen LogP contribution is 2.24. The quantitative estimate of drug-likeness (QED) is 0.294. The van der Waals surface area contributed by atoms with Gasteiger partial charge in [-0.05, 0) is 31.9 Å². The fraction of sp³-hybridized carbons (Fsp3) is 0.556. The molecular formula is C18H27ClIN3O3. The number of carbonyl (C=O) groups excluding carboxylic acids is 1. The Kier molecular flexibility index (Phi) is 10.1. The monoisotopic (exact) mass is 495 g/mol. The minimum atomic E-state index is -0.118. The first-order valence-corrected chi connectivity index (χ1v) is 8.90. The molecule has 1 N–H and O–H groups in total. The van der Waals surface area contributed by atoms with Gasteiger partial charge in [0.05, 0.1) is 26.7 Å². The summed E-state index contributed by atoms with van der Waals surface area (Å²) in [7, 11) is 3.07. The fourth-order valence-corrected chi connectivity index (χ4v) is 3.09. The summed E-state index contributed by atoms with van der Waals surface area (Å²) in [4.78, 5) is 18.6. The molecule has 0 aromatic heterocycles. The smallest absolute Gasteiger partial charge is 0.308 e. The van der Waals surface area contributed by atoms with Gasteiger partial charge in [0, 0.05) is 30.2 Å². The summed E-state index contributed by atoms with van der Waals surface area (Å²) in [6, 6.07) is 5.56. The number of likely N-dealkylation sites (tertiary alicyclic amines) is 1. The number of ether oxygens (including phenoxy) is 2. The summed E-state index contributed by atoms with van der Waals surface area (Å²) in [5.41, 5.74) is 0.978. The number of methoxy groups -OCH3 is 2. The van der Waals surface area contributed by atoms with Crippen molar-refractivity contribution in [3.05, 3.63) is 28.8 Å². The van der Waals surface area contributed by atoms with Gasteiger partial charge in [-0.1, -0.05) is 17.7 Å². The summed E-state index contributed by atoms with van der Waals surface area (Å²) in [5.74, 6) is 1.45. The number of hydrogen-bond donors (Lipinski definition) is 1. The van der Waals surface area contributed by atoms with Crippen LogP contribution in [0.3, 0.4) is 0 Å². The largest absolute Gasteiger partial charge is 0.496 e. The second kappa shape index (κ2) is 11.5. The Balaban J connectivity index is 0.00000338. The molecule has 1 fully saturated rings. The van der Waals surface area contributed by atoms with Gasteiger partial charge in [-0.25, -0.2) is 4.99 Å². The normalized spacial score (nSPS) is 15.2. The average molecular weight is 496 g/mol. The van der Waals surface area contributed by atoms with Crippen LogP contribution in [-0.4, -0.2) is 50.7 Å². The van der Waals surface area contributed by atoms with E-state index in [2.05, 4.69) is 10.2 Å². The van der Waals surface area contributed by atoms with Gasteiger partial charge in [0.25, 0.3) is 0 Å². The molecule has 1 aliphatic rings. The Morgan fingerprint density at radius 3 is 2.62 bits per heavy atom. The number of esters is 1. The molecule has 1 heterocycles. The van der Waals surface area contributed by atoms with Gasteiger partial charge in [-0.2, -0.15) is 0 Å². The van der Waals surface area contributed by atoms with Crippen molar-refractivity contribution in [2.45, 2.75) is 26.3 Å². The van der Waals surface area contributed by atoms with E-state index >= 15 is 0 Å². The van der Waals surface area contributed by atoms with Gasteiger partial charge < -0.3 is 19.7 Å². The summed E-state index contributed by atoms with van der Waals surface area (Å²) < 4.78 is 10.2. The zero-order chi connectivity index (χ0) is 18.2. The molecular weight excluding hydrogens is 469 g/mol. The Morgan fingerprint density at radius 2 is 2.04 bits per heavy atom. The number of benzene rings is 1. The van der Waals surface area contributed by atoms with Crippen molar-refractivity contribution in [1.29, 1.82) is 0 Å². The van der Waals surface area contributed by atoms with Crippen LogP contribution in [0.15, 0.2) is 23.2 Å². The maximum absolute atomic E-state index is 11.7. The number of rotatable bonds is 5. The second-order valence-electron chi connectivity index (χ2n) is 5.91. The molecule has 1 saturated heterocycles. The molecule has 1 aromatic carbocycles. The molecule has 0 amide bonds. The van der Waals surface area contributed by atoms with Crippen LogP contribution in [0.25, 0.3) is 0 Å². The van der Waals surface area contributed by atoms with Crippen LogP contribution in [0.2, 0.25) is 5.02 Å². The predicted octanol–water partition coefficient (Wildman–Crippen LogP) is 3.32. The number of guanidine groups is 1. The molecule has 2 rings (SSSR count). The lowest BCUT2D eigenvalue weighted by Crippen LogP contribution is -2.46. The van der Waals surface area contributed by atoms with Crippen LogP contribution in [0.1, 0.15) is 25.3 Å². The molecule has 1 aliphatic heterocycles. The summed E-state index contributed by atoms with van der Waals surface area (Å²) in [6.07, 6.45) is 1.56. The summed E-state index contributed by atoms with van der Waals surface area (Å²) >= 11 is 6.01. The van der Waals surface area contributed by atoms with Gasteiger partial charge in [-0.3, -0.25) is 4.79 Å². The average Bonchev–Trinajstić information content (AvgIpc) is 2.65. The number of halogens is 2. The van der Waals surface area contributed by atoms with Gasteiger partial charge in [-0.15, -0.1) is 24.0 Å². The van der Waals surface area contributed by atoms with E-state index in [0.29, 0.717) is 11.6 Å². The number of piperidine rings is 1. The third-order valence-corrected chi connectivity index (χ3v) is 4.55. The maximum Gasteiger partial charge on any atom is 0.308 e. The SMILES string of the molecule is CCNC(=NCc1ccc(Cl)cc1OC)N1CCC(C(=O)OC)CC1.I. The topological polar surface area (TPSA) is 63.2 Å². The number of carbonyl (C=O) groups is 1. The van der Waals surface area contributed by atoms with Gasteiger partial charge >= 0.3 is 5.97 Å². The first-order valence-electron chi connectivity index (χ1n) is 8.52. The van der Waals surface area contributed by atoms with Crippen molar-refractivity contribution in [3.63, 3.8) is 0 Å². The zero-order valence-corrected chi connectivity index (χ0v) is 18.5. The lowest BCUT2D eigenvalue weighted by Gasteiger charge is -2.33. The van der Waals surface area contributed by atoms with Crippen molar-refractivity contribution in [2.75, 3.05) is 33.9 Å². The molecule has 0 radical (unpaired) electrons. The summed E-state index contributed by atoms with van der Waals surface area (Å²) in [5, 5.41) is 3.96. The van der Waals surface area contributed by atoms with Crippen molar-refractivity contribution in [1.82, 2.24) is 10.2 Å². The third-order valence-electron chi connectivity index (χ3n) is 4.31. The first-order chi connectivity index (χ1) is 12.1. The molecule has 0 bridgehead atoms.